The van der Waals surface area contributed by atoms with Gasteiger partial charge in [-0.1, -0.05) is 6.07 Å². The molecule has 5 nitrogen and oxygen atoms in total. The molecule has 0 aliphatic heterocycles. The maximum absolute atomic E-state index is 11.8. The maximum atomic E-state index is 11.8. The highest BCUT2D eigenvalue weighted by Crippen LogP contribution is 2.29. The summed E-state index contributed by atoms with van der Waals surface area (Å²) in [5.41, 5.74) is 0.237. The van der Waals surface area contributed by atoms with Crippen molar-refractivity contribution in [1.29, 1.82) is 0 Å². The number of amides is 1. The van der Waals surface area contributed by atoms with Crippen molar-refractivity contribution in [1.82, 2.24) is 10.6 Å². The van der Waals surface area contributed by atoms with Crippen molar-refractivity contribution in [3.63, 3.8) is 0 Å². The number of methoxy groups -OCH3 is 1. The van der Waals surface area contributed by atoms with E-state index >= 15 is 0 Å². The van der Waals surface area contributed by atoms with Crippen molar-refractivity contribution >= 4 is 5.91 Å². The van der Waals surface area contributed by atoms with Crippen LogP contribution in [-0.2, 0) is 0 Å². The number of phenolic OH excluding ortho intramolecular Hbond substituents is 1. The van der Waals surface area contributed by atoms with Gasteiger partial charge in [-0.15, -0.1) is 0 Å². The zero-order valence-corrected chi connectivity index (χ0v) is 10.4. The van der Waals surface area contributed by atoms with E-state index in [2.05, 4.69) is 10.6 Å². The van der Waals surface area contributed by atoms with E-state index in [1.165, 1.54) is 20.0 Å². The van der Waals surface area contributed by atoms with E-state index in [-0.39, 0.29) is 17.2 Å². The third kappa shape index (κ3) is 3.13. The fourth-order valence-electron chi connectivity index (χ4n) is 1.71. The number of carbonyl (C=O) groups excluding carboxylic acids is 1. The van der Waals surface area contributed by atoms with Gasteiger partial charge in [0.1, 0.15) is 0 Å². The van der Waals surface area contributed by atoms with Crippen molar-refractivity contribution in [3.8, 4) is 11.5 Å². The molecule has 0 unspecified atom stereocenters. The lowest BCUT2D eigenvalue weighted by Gasteiger charge is -2.09. The molecule has 3 N–H and O–H groups in total. The standard InChI is InChI=1S/C13H18N2O3/c1-18-11-4-2-3-10(12(11)16)13(17)15-8-7-14-9-5-6-9/h2-4,9,14,16H,5-8H2,1H3,(H,15,17). The Bertz CT molecular complexity index is 430. The fraction of sp³-hybridized carbons (Fsp3) is 0.462. The van der Waals surface area contributed by atoms with Crippen LogP contribution < -0.4 is 15.4 Å². The largest absolute Gasteiger partial charge is 0.504 e. The SMILES string of the molecule is COc1cccc(C(=O)NCCNC2CC2)c1O. The average Bonchev–Trinajstić information content (AvgIpc) is 3.18. The molecule has 0 radical (unpaired) electrons. The maximum Gasteiger partial charge on any atom is 0.255 e. The molecule has 0 heterocycles. The zero-order valence-electron chi connectivity index (χ0n) is 10.4. The number of nitrogens with one attached hydrogen (secondary N) is 2. The molecule has 1 aromatic rings. The molecule has 2 rings (SSSR count). The number of aromatic hydroxyl groups is 1. The predicted octanol–water partition coefficient (Wildman–Crippen LogP) is 0.883. The van der Waals surface area contributed by atoms with Crippen LogP contribution in [0, 0.1) is 0 Å². The summed E-state index contributed by atoms with van der Waals surface area (Å²) in [7, 11) is 1.45. The molecule has 1 aromatic carbocycles. The van der Waals surface area contributed by atoms with Gasteiger partial charge in [0.25, 0.3) is 5.91 Å². The molecule has 0 atom stereocenters. The molecule has 0 saturated heterocycles. The number of benzene rings is 1. The van der Waals surface area contributed by atoms with Crippen molar-refractivity contribution < 1.29 is 14.6 Å². The van der Waals surface area contributed by atoms with Gasteiger partial charge < -0.3 is 20.5 Å². The second-order valence-corrected chi connectivity index (χ2v) is 4.34. The first-order valence-corrected chi connectivity index (χ1v) is 6.10. The van der Waals surface area contributed by atoms with E-state index in [0.717, 1.165) is 6.54 Å². The summed E-state index contributed by atoms with van der Waals surface area (Å²) < 4.78 is 4.96. The van der Waals surface area contributed by atoms with Gasteiger partial charge in [0, 0.05) is 19.1 Å². The van der Waals surface area contributed by atoms with Crippen LogP contribution in [0.25, 0.3) is 0 Å². The van der Waals surface area contributed by atoms with E-state index in [0.29, 0.717) is 18.3 Å². The fourth-order valence-corrected chi connectivity index (χ4v) is 1.71. The summed E-state index contributed by atoms with van der Waals surface area (Å²) in [6, 6.07) is 5.49. The van der Waals surface area contributed by atoms with Crippen LogP contribution in [0.15, 0.2) is 18.2 Å². The van der Waals surface area contributed by atoms with E-state index in [4.69, 9.17) is 4.74 Å². The van der Waals surface area contributed by atoms with Crippen molar-refractivity contribution in [3.05, 3.63) is 23.8 Å². The molecule has 0 spiro atoms. The number of para-hydroxylation sites is 1. The number of ether oxygens (including phenoxy) is 1. The lowest BCUT2D eigenvalue weighted by Crippen LogP contribution is -2.32. The highest BCUT2D eigenvalue weighted by atomic mass is 16.5. The molecule has 1 aliphatic carbocycles. The minimum Gasteiger partial charge on any atom is -0.504 e. The van der Waals surface area contributed by atoms with Crippen LogP contribution in [0.1, 0.15) is 23.2 Å². The monoisotopic (exact) mass is 250 g/mol. The van der Waals surface area contributed by atoms with Gasteiger partial charge in [0.15, 0.2) is 11.5 Å². The zero-order chi connectivity index (χ0) is 13.0. The lowest BCUT2D eigenvalue weighted by molar-refractivity contribution is 0.0950. The smallest absolute Gasteiger partial charge is 0.255 e. The van der Waals surface area contributed by atoms with Gasteiger partial charge in [0.05, 0.1) is 12.7 Å². The average molecular weight is 250 g/mol. The molecule has 5 heteroatoms. The number of rotatable bonds is 6. The van der Waals surface area contributed by atoms with E-state index < -0.39 is 0 Å². The van der Waals surface area contributed by atoms with Gasteiger partial charge in [0.2, 0.25) is 0 Å². The topological polar surface area (TPSA) is 70.6 Å². The Morgan fingerprint density at radius 1 is 1.44 bits per heavy atom. The molecular formula is C13H18N2O3. The first-order chi connectivity index (χ1) is 8.72. The highest BCUT2D eigenvalue weighted by Gasteiger charge is 2.20. The van der Waals surface area contributed by atoms with Crippen molar-refractivity contribution in [2.45, 2.75) is 18.9 Å². The Morgan fingerprint density at radius 3 is 2.89 bits per heavy atom. The molecule has 98 valence electrons. The van der Waals surface area contributed by atoms with Gasteiger partial charge >= 0.3 is 0 Å². The molecule has 1 saturated carbocycles. The van der Waals surface area contributed by atoms with Crippen LogP contribution in [0.5, 0.6) is 11.5 Å². The Hall–Kier alpha value is -1.75. The number of hydrogen-bond acceptors (Lipinski definition) is 4. The van der Waals surface area contributed by atoms with Crippen LogP contribution in [0.3, 0.4) is 0 Å². The summed E-state index contributed by atoms with van der Waals surface area (Å²) in [6.07, 6.45) is 2.45. The molecule has 0 bridgehead atoms. The van der Waals surface area contributed by atoms with Gasteiger partial charge in [-0.3, -0.25) is 4.79 Å². The Kier molecular flexibility index (Phi) is 4.04. The Balaban J connectivity index is 1.87. The second kappa shape index (κ2) is 5.73. The third-order valence-corrected chi connectivity index (χ3v) is 2.88. The van der Waals surface area contributed by atoms with Crippen LogP contribution in [0.2, 0.25) is 0 Å². The first kappa shape index (κ1) is 12.7. The summed E-state index contributed by atoms with van der Waals surface area (Å²) in [5, 5.41) is 15.9. The first-order valence-electron chi connectivity index (χ1n) is 6.10. The molecule has 0 aromatic heterocycles. The predicted molar refractivity (Wildman–Crippen MR) is 68.0 cm³/mol. The molecule has 1 fully saturated rings. The summed E-state index contributed by atoms with van der Waals surface area (Å²) in [6.45, 7) is 1.30. The van der Waals surface area contributed by atoms with Crippen LogP contribution >= 0.6 is 0 Å². The van der Waals surface area contributed by atoms with Gasteiger partial charge in [-0.2, -0.15) is 0 Å². The van der Waals surface area contributed by atoms with Gasteiger partial charge in [-0.25, -0.2) is 0 Å². The van der Waals surface area contributed by atoms with E-state index in [1.807, 2.05) is 0 Å². The number of carbonyl (C=O) groups is 1. The summed E-state index contributed by atoms with van der Waals surface area (Å²) >= 11 is 0. The summed E-state index contributed by atoms with van der Waals surface area (Å²) in [5.74, 6) is -0.101. The van der Waals surface area contributed by atoms with E-state index in [1.54, 1.807) is 18.2 Å². The van der Waals surface area contributed by atoms with Crippen molar-refractivity contribution in [2.24, 2.45) is 0 Å². The quantitative estimate of drug-likeness (QED) is 0.656. The molecular weight excluding hydrogens is 232 g/mol. The second-order valence-electron chi connectivity index (χ2n) is 4.34. The van der Waals surface area contributed by atoms with Crippen LogP contribution in [-0.4, -0.2) is 37.3 Å². The Morgan fingerprint density at radius 2 is 2.22 bits per heavy atom. The van der Waals surface area contributed by atoms with E-state index in [9.17, 15) is 9.90 Å². The number of phenols is 1. The van der Waals surface area contributed by atoms with Gasteiger partial charge in [-0.05, 0) is 25.0 Å². The normalized spacial score (nSPS) is 14.3. The molecule has 18 heavy (non-hydrogen) atoms. The van der Waals surface area contributed by atoms with Crippen LogP contribution in [0.4, 0.5) is 0 Å². The summed E-state index contributed by atoms with van der Waals surface area (Å²) in [4.78, 5) is 11.8. The Labute approximate surface area is 106 Å². The highest BCUT2D eigenvalue weighted by molar-refractivity contribution is 5.97. The molecule has 1 amide bonds. The lowest BCUT2D eigenvalue weighted by atomic mass is 10.1. The minimum atomic E-state index is -0.288. The third-order valence-electron chi connectivity index (χ3n) is 2.88. The minimum absolute atomic E-state index is 0.118. The van der Waals surface area contributed by atoms with Crippen molar-refractivity contribution in [2.75, 3.05) is 20.2 Å². The molecule has 1 aliphatic rings. The number of hydrogen-bond donors (Lipinski definition) is 3.